The van der Waals surface area contributed by atoms with Gasteiger partial charge in [0.25, 0.3) is 0 Å². The van der Waals surface area contributed by atoms with Crippen LogP contribution in [0.4, 0.5) is 5.69 Å². The summed E-state index contributed by atoms with van der Waals surface area (Å²) in [6, 6.07) is 12.5. The molecular formula is C23H27ClN2O5S. The molecule has 1 aliphatic rings. The highest BCUT2D eigenvalue weighted by Crippen LogP contribution is 2.25. The maximum absolute atomic E-state index is 12.9. The van der Waals surface area contributed by atoms with Crippen molar-refractivity contribution in [3.63, 3.8) is 0 Å². The molecule has 7 nitrogen and oxygen atoms in total. The van der Waals surface area contributed by atoms with E-state index in [9.17, 15) is 18.0 Å². The highest BCUT2D eigenvalue weighted by Gasteiger charge is 2.33. The van der Waals surface area contributed by atoms with Crippen LogP contribution in [0.1, 0.15) is 43.0 Å². The maximum Gasteiger partial charge on any atom is 0.338 e. The number of piperidine rings is 1. The zero-order valence-corrected chi connectivity index (χ0v) is 19.5. The number of nitrogens with one attached hydrogen (secondary N) is 1. The van der Waals surface area contributed by atoms with Crippen molar-refractivity contribution in [2.45, 2.75) is 37.5 Å². The van der Waals surface area contributed by atoms with Gasteiger partial charge in [-0.3, -0.25) is 4.79 Å². The standard InChI is InChI=1S/C23H27ClN2O5S/c1-2-3-15-31-23(28)17-6-10-20(11-7-17)25-22(27)18-5-4-14-26(16-18)32(29,30)21-12-8-19(24)9-13-21/h6-13,18H,2-5,14-16H2,1H3,(H,25,27)/t18-/m0/s1. The van der Waals surface area contributed by atoms with Crippen LogP contribution in [0.15, 0.2) is 53.4 Å². The van der Waals surface area contributed by atoms with E-state index < -0.39 is 21.9 Å². The van der Waals surface area contributed by atoms with Crippen LogP contribution < -0.4 is 5.32 Å². The fourth-order valence-corrected chi connectivity index (χ4v) is 5.11. The van der Waals surface area contributed by atoms with Crippen LogP contribution >= 0.6 is 11.6 Å². The van der Waals surface area contributed by atoms with Crippen molar-refractivity contribution in [3.8, 4) is 0 Å². The second-order valence-electron chi connectivity index (χ2n) is 7.71. The Morgan fingerprint density at radius 2 is 1.81 bits per heavy atom. The molecule has 3 rings (SSSR count). The predicted molar refractivity (Wildman–Crippen MR) is 123 cm³/mol. The quantitative estimate of drug-likeness (QED) is 0.450. The molecule has 1 fully saturated rings. The maximum atomic E-state index is 12.9. The second kappa shape index (κ2) is 10.9. The summed E-state index contributed by atoms with van der Waals surface area (Å²) in [5.41, 5.74) is 0.954. The smallest absolute Gasteiger partial charge is 0.338 e. The van der Waals surface area contributed by atoms with Gasteiger partial charge in [0.15, 0.2) is 0 Å². The molecule has 32 heavy (non-hydrogen) atoms. The van der Waals surface area contributed by atoms with E-state index in [1.165, 1.54) is 28.6 Å². The molecule has 0 saturated carbocycles. The average Bonchev–Trinajstić information content (AvgIpc) is 2.80. The first-order chi connectivity index (χ1) is 15.3. The van der Waals surface area contributed by atoms with Gasteiger partial charge in [-0.15, -0.1) is 0 Å². The Bertz CT molecular complexity index is 1040. The lowest BCUT2D eigenvalue weighted by atomic mass is 9.98. The molecular weight excluding hydrogens is 452 g/mol. The van der Waals surface area contributed by atoms with Gasteiger partial charge in [0, 0.05) is 23.8 Å². The number of hydrogen-bond donors (Lipinski definition) is 1. The number of unbranched alkanes of at least 4 members (excludes halogenated alkanes) is 1. The molecule has 1 aliphatic heterocycles. The Kier molecular flexibility index (Phi) is 8.28. The van der Waals surface area contributed by atoms with Gasteiger partial charge in [0.1, 0.15) is 0 Å². The summed E-state index contributed by atoms with van der Waals surface area (Å²) in [5, 5.41) is 3.28. The molecule has 0 aliphatic carbocycles. The lowest BCUT2D eigenvalue weighted by Gasteiger charge is -2.31. The SMILES string of the molecule is CCCCOC(=O)c1ccc(NC(=O)[C@H]2CCCN(S(=O)(=O)c3ccc(Cl)cc3)C2)cc1. The number of anilines is 1. The zero-order chi connectivity index (χ0) is 23.1. The highest BCUT2D eigenvalue weighted by molar-refractivity contribution is 7.89. The van der Waals surface area contributed by atoms with Gasteiger partial charge in [-0.2, -0.15) is 4.31 Å². The van der Waals surface area contributed by atoms with Crippen LogP contribution in [0, 0.1) is 5.92 Å². The Balaban J connectivity index is 1.60. The molecule has 0 bridgehead atoms. The Morgan fingerprint density at radius 3 is 2.47 bits per heavy atom. The van der Waals surface area contributed by atoms with Gasteiger partial charge in [0.2, 0.25) is 15.9 Å². The average molecular weight is 479 g/mol. The Labute approximate surface area is 193 Å². The topological polar surface area (TPSA) is 92.8 Å². The van der Waals surface area contributed by atoms with Crippen LogP contribution in [-0.4, -0.2) is 44.3 Å². The first kappa shape index (κ1) is 24.2. The van der Waals surface area contributed by atoms with Crippen LogP contribution in [0.3, 0.4) is 0 Å². The van der Waals surface area contributed by atoms with Crippen LogP contribution in [0.2, 0.25) is 5.02 Å². The number of rotatable bonds is 8. The van der Waals surface area contributed by atoms with Gasteiger partial charge in [-0.25, -0.2) is 13.2 Å². The number of esters is 1. The lowest BCUT2D eigenvalue weighted by Crippen LogP contribution is -2.43. The largest absolute Gasteiger partial charge is 0.462 e. The van der Waals surface area contributed by atoms with Crippen molar-refractivity contribution in [3.05, 3.63) is 59.1 Å². The fourth-order valence-electron chi connectivity index (χ4n) is 3.46. The molecule has 2 aromatic carbocycles. The van der Waals surface area contributed by atoms with Crippen molar-refractivity contribution < 1.29 is 22.7 Å². The van der Waals surface area contributed by atoms with Crippen LogP contribution in [0.25, 0.3) is 0 Å². The van der Waals surface area contributed by atoms with E-state index in [0.717, 1.165) is 12.8 Å². The third kappa shape index (κ3) is 6.09. The van der Waals surface area contributed by atoms with E-state index in [2.05, 4.69) is 5.32 Å². The molecule has 1 N–H and O–H groups in total. The summed E-state index contributed by atoms with van der Waals surface area (Å²) in [4.78, 5) is 24.9. The first-order valence-electron chi connectivity index (χ1n) is 10.6. The molecule has 0 radical (unpaired) electrons. The van der Waals surface area contributed by atoms with Crippen LogP contribution in [0.5, 0.6) is 0 Å². The minimum atomic E-state index is -3.70. The second-order valence-corrected chi connectivity index (χ2v) is 10.1. The molecule has 1 heterocycles. The summed E-state index contributed by atoms with van der Waals surface area (Å²) < 4.78 is 32.4. The highest BCUT2D eigenvalue weighted by atomic mass is 35.5. The third-order valence-corrected chi connectivity index (χ3v) is 7.46. The van der Waals surface area contributed by atoms with Crippen molar-refractivity contribution in [2.75, 3.05) is 25.0 Å². The van der Waals surface area contributed by atoms with Gasteiger partial charge in [-0.05, 0) is 67.8 Å². The van der Waals surface area contributed by atoms with E-state index in [1.54, 1.807) is 24.3 Å². The minimum Gasteiger partial charge on any atom is -0.462 e. The zero-order valence-electron chi connectivity index (χ0n) is 17.9. The number of halogens is 1. The van der Waals surface area contributed by atoms with E-state index in [4.69, 9.17) is 16.3 Å². The minimum absolute atomic E-state index is 0.110. The third-order valence-electron chi connectivity index (χ3n) is 5.33. The molecule has 172 valence electrons. The summed E-state index contributed by atoms with van der Waals surface area (Å²) >= 11 is 5.86. The predicted octanol–water partition coefficient (Wildman–Crippen LogP) is 4.34. The summed E-state index contributed by atoms with van der Waals surface area (Å²) in [7, 11) is -3.70. The van der Waals surface area contributed by atoms with E-state index in [-0.39, 0.29) is 17.3 Å². The van der Waals surface area contributed by atoms with Gasteiger partial charge in [-0.1, -0.05) is 24.9 Å². The van der Waals surface area contributed by atoms with Crippen LogP contribution in [-0.2, 0) is 19.6 Å². The normalized spacial score (nSPS) is 17.0. The monoisotopic (exact) mass is 478 g/mol. The summed E-state index contributed by atoms with van der Waals surface area (Å²) in [6.45, 7) is 2.87. The van der Waals surface area contributed by atoms with E-state index in [0.29, 0.717) is 42.3 Å². The summed E-state index contributed by atoms with van der Waals surface area (Å²) in [5.74, 6) is -1.12. The number of carbonyl (C=O) groups is 2. The number of nitrogens with zero attached hydrogens (tertiary/aromatic N) is 1. The van der Waals surface area contributed by atoms with Gasteiger partial charge >= 0.3 is 5.97 Å². The molecule has 0 spiro atoms. The molecule has 0 aromatic heterocycles. The number of carbonyl (C=O) groups excluding carboxylic acids is 2. The molecule has 1 atom stereocenters. The van der Waals surface area contributed by atoms with Gasteiger partial charge < -0.3 is 10.1 Å². The number of ether oxygens (including phenoxy) is 1. The Morgan fingerprint density at radius 1 is 1.12 bits per heavy atom. The van der Waals surface area contributed by atoms with Crippen molar-refractivity contribution >= 4 is 39.2 Å². The number of sulfonamides is 1. The van der Waals surface area contributed by atoms with Crippen molar-refractivity contribution in [2.24, 2.45) is 5.92 Å². The molecule has 1 amide bonds. The van der Waals surface area contributed by atoms with Crippen molar-refractivity contribution in [1.29, 1.82) is 0 Å². The number of hydrogen-bond acceptors (Lipinski definition) is 5. The van der Waals surface area contributed by atoms with E-state index in [1.807, 2.05) is 6.92 Å². The molecule has 2 aromatic rings. The van der Waals surface area contributed by atoms with E-state index >= 15 is 0 Å². The fraction of sp³-hybridized carbons (Fsp3) is 0.391. The first-order valence-corrected chi connectivity index (χ1v) is 12.5. The summed E-state index contributed by atoms with van der Waals surface area (Å²) in [6.07, 6.45) is 2.94. The van der Waals surface area contributed by atoms with Gasteiger partial charge in [0.05, 0.1) is 23.0 Å². The number of amides is 1. The Hall–Kier alpha value is -2.42. The lowest BCUT2D eigenvalue weighted by molar-refractivity contribution is -0.120. The molecule has 1 saturated heterocycles. The molecule has 9 heteroatoms. The molecule has 0 unspecified atom stereocenters. The number of benzene rings is 2. The van der Waals surface area contributed by atoms with Crippen molar-refractivity contribution in [1.82, 2.24) is 4.31 Å².